The summed E-state index contributed by atoms with van der Waals surface area (Å²) in [4.78, 5) is 53.9. The van der Waals surface area contributed by atoms with Crippen molar-refractivity contribution in [3.63, 3.8) is 0 Å². The number of amides is 2. The van der Waals surface area contributed by atoms with Gasteiger partial charge < -0.3 is 24.4 Å². The number of carbonyl (C=O) groups excluding carboxylic acids is 2. The van der Waals surface area contributed by atoms with Gasteiger partial charge in [-0.3, -0.25) is 23.9 Å². The van der Waals surface area contributed by atoms with Crippen LogP contribution in [-0.2, 0) is 9.53 Å². The number of aliphatic hydroxyl groups is 1. The fourth-order valence-corrected chi connectivity index (χ4v) is 5.86. The van der Waals surface area contributed by atoms with Crippen LogP contribution in [0, 0.1) is 5.82 Å². The SMILES string of the molecule is C[C@]1(O)CC2(CCN(C(=O)c3ccc(OCCN4CCCC4=O)cc3)CC2)OC[C@@H]1n1cc(F)c(=O)[nH]c1=O. The molecule has 4 heterocycles. The first-order valence-corrected chi connectivity index (χ1v) is 13.2. The maximum Gasteiger partial charge on any atom is 0.328 e. The predicted molar refractivity (Wildman–Crippen MR) is 137 cm³/mol. The second-order valence-electron chi connectivity index (χ2n) is 10.8. The molecule has 0 radical (unpaired) electrons. The molecule has 2 aromatic rings. The molecule has 39 heavy (non-hydrogen) atoms. The molecule has 2 atom stereocenters. The Morgan fingerprint density at radius 1 is 1.18 bits per heavy atom. The van der Waals surface area contributed by atoms with Gasteiger partial charge in [0.25, 0.3) is 11.5 Å². The van der Waals surface area contributed by atoms with Crippen molar-refractivity contribution in [2.24, 2.45) is 0 Å². The number of nitrogens with zero attached hydrogens (tertiary/aromatic N) is 3. The minimum absolute atomic E-state index is 0.0419. The number of piperidine rings is 1. The lowest BCUT2D eigenvalue weighted by Gasteiger charge is -2.51. The van der Waals surface area contributed by atoms with Gasteiger partial charge in [0.05, 0.1) is 36.6 Å². The molecule has 12 heteroatoms. The van der Waals surface area contributed by atoms with E-state index in [-0.39, 0.29) is 24.8 Å². The maximum absolute atomic E-state index is 13.8. The number of H-pyrrole nitrogens is 1. The second-order valence-corrected chi connectivity index (χ2v) is 10.8. The molecule has 3 saturated heterocycles. The summed E-state index contributed by atoms with van der Waals surface area (Å²) in [5.41, 5.74) is -3.49. The Labute approximate surface area is 224 Å². The predicted octanol–water partition coefficient (Wildman–Crippen LogP) is 1.06. The van der Waals surface area contributed by atoms with Crippen molar-refractivity contribution in [2.75, 3.05) is 39.4 Å². The van der Waals surface area contributed by atoms with E-state index in [0.29, 0.717) is 56.8 Å². The van der Waals surface area contributed by atoms with E-state index in [1.54, 1.807) is 41.0 Å². The molecule has 210 valence electrons. The Bertz CT molecular complexity index is 1350. The molecular formula is C27H33FN4O7. The summed E-state index contributed by atoms with van der Waals surface area (Å²) >= 11 is 0. The molecule has 1 aromatic carbocycles. The summed E-state index contributed by atoms with van der Waals surface area (Å²) in [6.45, 7) is 4.09. The van der Waals surface area contributed by atoms with Crippen LogP contribution in [0.5, 0.6) is 5.75 Å². The van der Waals surface area contributed by atoms with E-state index >= 15 is 0 Å². The third-order valence-corrected chi connectivity index (χ3v) is 8.07. The van der Waals surface area contributed by atoms with Gasteiger partial charge in [-0.1, -0.05) is 0 Å². The Morgan fingerprint density at radius 3 is 2.54 bits per heavy atom. The number of halogens is 1. The van der Waals surface area contributed by atoms with Crippen LogP contribution in [0.3, 0.4) is 0 Å². The lowest BCUT2D eigenvalue weighted by atomic mass is 9.75. The number of nitrogens with one attached hydrogen (secondary N) is 1. The zero-order valence-electron chi connectivity index (χ0n) is 21.9. The van der Waals surface area contributed by atoms with Gasteiger partial charge in [0.15, 0.2) is 0 Å². The first-order valence-electron chi connectivity index (χ1n) is 13.2. The largest absolute Gasteiger partial charge is 0.492 e. The van der Waals surface area contributed by atoms with Gasteiger partial charge in [-0.05, 0) is 50.5 Å². The van der Waals surface area contributed by atoms with Gasteiger partial charge in [0.2, 0.25) is 11.7 Å². The van der Waals surface area contributed by atoms with Crippen molar-refractivity contribution in [3.05, 3.63) is 62.7 Å². The van der Waals surface area contributed by atoms with E-state index in [1.807, 2.05) is 4.98 Å². The van der Waals surface area contributed by atoms with Gasteiger partial charge in [-0.2, -0.15) is 4.39 Å². The highest BCUT2D eigenvalue weighted by Gasteiger charge is 2.50. The zero-order chi connectivity index (χ0) is 27.8. The lowest BCUT2D eigenvalue weighted by molar-refractivity contribution is -0.195. The van der Waals surface area contributed by atoms with Gasteiger partial charge in [0, 0.05) is 38.0 Å². The van der Waals surface area contributed by atoms with Crippen molar-refractivity contribution in [1.82, 2.24) is 19.4 Å². The van der Waals surface area contributed by atoms with Gasteiger partial charge in [-0.15, -0.1) is 0 Å². The molecule has 3 aliphatic rings. The van der Waals surface area contributed by atoms with Crippen LogP contribution in [0.4, 0.5) is 4.39 Å². The van der Waals surface area contributed by atoms with E-state index in [9.17, 15) is 28.7 Å². The minimum atomic E-state index is -1.41. The summed E-state index contributed by atoms with van der Waals surface area (Å²) in [5.74, 6) is -0.445. The molecule has 0 bridgehead atoms. The highest BCUT2D eigenvalue weighted by atomic mass is 19.1. The number of likely N-dealkylation sites (tertiary alicyclic amines) is 2. The van der Waals surface area contributed by atoms with Gasteiger partial charge >= 0.3 is 5.69 Å². The summed E-state index contributed by atoms with van der Waals surface area (Å²) in [5, 5.41) is 11.2. The maximum atomic E-state index is 13.8. The number of carbonyl (C=O) groups is 2. The van der Waals surface area contributed by atoms with Crippen LogP contribution in [-0.4, -0.2) is 86.9 Å². The molecule has 0 saturated carbocycles. The summed E-state index contributed by atoms with van der Waals surface area (Å²) in [7, 11) is 0. The van der Waals surface area contributed by atoms with E-state index in [2.05, 4.69) is 0 Å². The molecule has 2 N–H and O–H groups in total. The first-order chi connectivity index (χ1) is 18.6. The second kappa shape index (κ2) is 10.6. The Morgan fingerprint density at radius 2 is 1.90 bits per heavy atom. The van der Waals surface area contributed by atoms with Crippen molar-refractivity contribution < 1.29 is 28.6 Å². The standard InChI is InChI=1S/C27H33FN4O7/c1-26(37)17-27(39-16-21(26)32-15-20(28)23(34)29-25(32)36)8-11-31(12-9-27)24(35)18-4-6-19(7-5-18)38-14-13-30-10-2-3-22(30)33/h4-7,15,21,37H,2-3,8-14,16-17H2,1H3,(H,29,34,36)/t21-,26-/m0/s1. The number of rotatable bonds is 6. The van der Waals surface area contributed by atoms with Crippen LogP contribution >= 0.6 is 0 Å². The first kappa shape index (κ1) is 27.1. The van der Waals surface area contributed by atoms with Crippen molar-refractivity contribution in [1.29, 1.82) is 0 Å². The number of benzene rings is 1. The molecule has 11 nitrogen and oxygen atoms in total. The lowest BCUT2D eigenvalue weighted by Crippen LogP contribution is -2.59. The molecule has 3 fully saturated rings. The number of hydrogen-bond acceptors (Lipinski definition) is 7. The van der Waals surface area contributed by atoms with Crippen molar-refractivity contribution in [2.45, 2.75) is 56.3 Å². The van der Waals surface area contributed by atoms with Crippen LogP contribution in [0.15, 0.2) is 40.1 Å². The van der Waals surface area contributed by atoms with Gasteiger partial charge in [0.1, 0.15) is 12.4 Å². The Hall–Kier alpha value is -3.51. The summed E-state index contributed by atoms with van der Waals surface area (Å²) < 4.78 is 26.7. The summed E-state index contributed by atoms with van der Waals surface area (Å²) in [6.07, 6.45) is 3.46. The molecule has 2 amide bonds. The third-order valence-electron chi connectivity index (χ3n) is 8.07. The number of hydrogen-bond donors (Lipinski definition) is 2. The molecule has 0 aliphatic carbocycles. The monoisotopic (exact) mass is 544 g/mol. The minimum Gasteiger partial charge on any atom is -0.492 e. The zero-order valence-corrected chi connectivity index (χ0v) is 21.9. The molecule has 1 aromatic heterocycles. The van der Waals surface area contributed by atoms with E-state index in [1.165, 1.54) is 0 Å². The fourth-order valence-electron chi connectivity index (χ4n) is 5.86. The quantitative estimate of drug-likeness (QED) is 0.556. The average molecular weight is 545 g/mol. The number of ether oxygens (including phenoxy) is 2. The Balaban J connectivity index is 1.15. The van der Waals surface area contributed by atoms with E-state index < -0.39 is 34.3 Å². The van der Waals surface area contributed by atoms with Crippen LogP contribution < -0.4 is 16.0 Å². The van der Waals surface area contributed by atoms with Crippen LogP contribution in [0.1, 0.15) is 55.4 Å². The fraction of sp³-hybridized carbons (Fsp3) is 0.556. The van der Waals surface area contributed by atoms with E-state index in [4.69, 9.17) is 9.47 Å². The number of aromatic amines is 1. The van der Waals surface area contributed by atoms with E-state index in [0.717, 1.165) is 23.7 Å². The van der Waals surface area contributed by atoms with Crippen LogP contribution in [0.2, 0.25) is 0 Å². The van der Waals surface area contributed by atoms with Crippen molar-refractivity contribution >= 4 is 11.8 Å². The molecule has 3 aliphatic heterocycles. The molecule has 1 spiro atoms. The Kier molecular flexibility index (Phi) is 7.34. The summed E-state index contributed by atoms with van der Waals surface area (Å²) in [6, 6.07) is 6.05. The highest BCUT2D eigenvalue weighted by molar-refractivity contribution is 5.94. The molecule has 5 rings (SSSR count). The third kappa shape index (κ3) is 5.62. The smallest absolute Gasteiger partial charge is 0.328 e. The molecular weight excluding hydrogens is 511 g/mol. The number of aromatic nitrogens is 2. The van der Waals surface area contributed by atoms with Gasteiger partial charge in [-0.25, -0.2) is 4.79 Å². The van der Waals surface area contributed by atoms with Crippen LogP contribution in [0.25, 0.3) is 0 Å². The normalized spacial score (nSPS) is 24.8. The molecule has 0 unspecified atom stereocenters. The topological polar surface area (TPSA) is 134 Å². The highest BCUT2D eigenvalue weighted by Crippen LogP contribution is 2.43. The van der Waals surface area contributed by atoms with Crippen molar-refractivity contribution in [3.8, 4) is 5.75 Å². The average Bonchev–Trinajstić information content (AvgIpc) is 3.31.